The molecule has 7 heteroatoms. The quantitative estimate of drug-likeness (QED) is 0.936. The van der Waals surface area contributed by atoms with Gasteiger partial charge < -0.3 is 0 Å². The van der Waals surface area contributed by atoms with Crippen molar-refractivity contribution in [2.24, 2.45) is 0 Å². The molecule has 0 radical (unpaired) electrons. The molecule has 0 saturated heterocycles. The summed E-state index contributed by atoms with van der Waals surface area (Å²) in [5.74, 6) is -0.403. The SMILES string of the molecule is N#CCC(=O)Nc1nnc(-c2ccccc2Cl)s1. The number of anilines is 1. The average Bonchev–Trinajstić information content (AvgIpc) is 2.78. The van der Waals surface area contributed by atoms with E-state index in [1.165, 1.54) is 11.3 Å². The molecule has 0 spiro atoms. The van der Waals surface area contributed by atoms with Gasteiger partial charge in [0, 0.05) is 5.56 Å². The first-order valence-corrected chi connectivity index (χ1v) is 6.15. The van der Waals surface area contributed by atoms with E-state index in [1.54, 1.807) is 12.1 Å². The van der Waals surface area contributed by atoms with E-state index in [-0.39, 0.29) is 6.42 Å². The molecule has 0 aliphatic carbocycles. The molecule has 1 N–H and O–H groups in total. The van der Waals surface area contributed by atoms with Crippen molar-refractivity contribution in [1.29, 1.82) is 5.26 Å². The largest absolute Gasteiger partial charge is 0.300 e. The van der Waals surface area contributed by atoms with Crippen molar-refractivity contribution in [2.45, 2.75) is 6.42 Å². The molecule has 0 aliphatic heterocycles. The van der Waals surface area contributed by atoms with E-state index >= 15 is 0 Å². The van der Waals surface area contributed by atoms with Crippen molar-refractivity contribution in [1.82, 2.24) is 10.2 Å². The second-order valence-electron chi connectivity index (χ2n) is 3.28. The predicted molar refractivity (Wildman–Crippen MR) is 69.2 cm³/mol. The van der Waals surface area contributed by atoms with Crippen molar-refractivity contribution < 1.29 is 4.79 Å². The number of aromatic nitrogens is 2. The zero-order valence-electron chi connectivity index (χ0n) is 9.05. The minimum absolute atomic E-state index is 0.207. The van der Waals surface area contributed by atoms with Gasteiger partial charge in [0.1, 0.15) is 6.42 Å². The van der Waals surface area contributed by atoms with Gasteiger partial charge in [-0.2, -0.15) is 5.26 Å². The molecule has 18 heavy (non-hydrogen) atoms. The van der Waals surface area contributed by atoms with Crippen LogP contribution in [0.2, 0.25) is 5.02 Å². The number of carbonyl (C=O) groups is 1. The number of nitrogens with one attached hydrogen (secondary N) is 1. The number of carbonyl (C=O) groups excluding carboxylic acids is 1. The second-order valence-corrected chi connectivity index (χ2v) is 4.66. The highest BCUT2D eigenvalue weighted by molar-refractivity contribution is 7.18. The second kappa shape index (κ2) is 5.58. The Kier molecular flexibility index (Phi) is 3.87. The Labute approximate surface area is 112 Å². The summed E-state index contributed by atoms with van der Waals surface area (Å²) < 4.78 is 0. The molecule has 0 atom stereocenters. The van der Waals surface area contributed by atoms with Gasteiger partial charge in [0.15, 0.2) is 5.01 Å². The van der Waals surface area contributed by atoms with Crippen molar-refractivity contribution in [2.75, 3.05) is 5.32 Å². The van der Waals surface area contributed by atoms with Gasteiger partial charge in [-0.3, -0.25) is 10.1 Å². The van der Waals surface area contributed by atoms with Crippen LogP contribution in [0.1, 0.15) is 6.42 Å². The number of halogens is 1. The maximum Gasteiger partial charge on any atom is 0.240 e. The van der Waals surface area contributed by atoms with Crippen LogP contribution < -0.4 is 5.32 Å². The van der Waals surface area contributed by atoms with Crippen LogP contribution in [-0.4, -0.2) is 16.1 Å². The molecular formula is C11H7ClN4OS. The molecular weight excluding hydrogens is 272 g/mol. The average molecular weight is 279 g/mol. The van der Waals surface area contributed by atoms with Gasteiger partial charge in [-0.15, -0.1) is 10.2 Å². The van der Waals surface area contributed by atoms with Crippen LogP contribution in [0.25, 0.3) is 10.6 Å². The first kappa shape index (κ1) is 12.5. The summed E-state index contributed by atoms with van der Waals surface area (Å²) in [7, 11) is 0. The van der Waals surface area contributed by atoms with E-state index in [9.17, 15) is 4.79 Å². The molecule has 0 aliphatic rings. The lowest BCUT2D eigenvalue weighted by Crippen LogP contribution is -2.09. The molecule has 2 rings (SSSR count). The highest BCUT2D eigenvalue weighted by Gasteiger charge is 2.11. The van der Waals surface area contributed by atoms with E-state index in [2.05, 4.69) is 15.5 Å². The van der Waals surface area contributed by atoms with Crippen molar-refractivity contribution in [3.05, 3.63) is 29.3 Å². The maximum atomic E-state index is 11.2. The lowest BCUT2D eigenvalue weighted by atomic mass is 10.2. The van der Waals surface area contributed by atoms with Crippen LogP contribution in [0.4, 0.5) is 5.13 Å². The number of nitrogens with zero attached hydrogens (tertiary/aromatic N) is 3. The van der Waals surface area contributed by atoms with E-state index < -0.39 is 5.91 Å². The van der Waals surface area contributed by atoms with E-state index in [1.807, 2.05) is 18.2 Å². The van der Waals surface area contributed by atoms with Crippen LogP contribution in [-0.2, 0) is 4.79 Å². The normalized spacial score (nSPS) is 9.78. The highest BCUT2D eigenvalue weighted by atomic mass is 35.5. The molecule has 5 nitrogen and oxygen atoms in total. The van der Waals surface area contributed by atoms with Crippen molar-refractivity contribution in [3.8, 4) is 16.6 Å². The van der Waals surface area contributed by atoms with Crippen LogP contribution in [0.15, 0.2) is 24.3 Å². The lowest BCUT2D eigenvalue weighted by Gasteiger charge is -1.97. The third kappa shape index (κ3) is 2.83. The summed E-state index contributed by atoms with van der Waals surface area (Å²) >= 11 is 7.24. The zero-order chi connectivity index (χ0) is 13.0. The van der Waals surface area contributed by atoms with Gasteiger partial charge >= 0.3 is 0 Å². The van der Waals surface area contributed by atoms with Crippen molar-refractivity contribution in [3.63, 3.8) is 0 Å². The summed E-state index contributed by atoms with van der Waals surface area (Å²) in [5.41, 5.74) is 0.762. The predicted octanol–water partition coefficient (Wildman–Crippen LogP) is 2.71. The summed E-state index contributed by atoms with van der Waals surface area (Å²) in [6.45, 7) is 0. The summed E-state index contributed by atoms with van der Waals surface area (Å²) in [6, 6.07) is 9.00. The molecule has 1 aromatic heterocycles. The number of hydrogen-bond acceptors (Lipinski definition) is 5. The summed E-state index contributed by atoms with van der Waals surface area (Å²) in [6.07, 6.45) is -0.207. The molecule has 1 heterocycles. The fourth-order valence-electron chi connectivity index (χ4n) is 1.25. The number of amides is 1. The molecule has 0 unspecified atom stereocenters. The Morgan fingerprint density at radius 3 is 2.94 bits per heavy atom. The van der Waals surface area contributed by atoms with Gasteiger partial charge in [0.25, 0.3) is 0 Å². The minimum atomic E-state index is -0.403. The van der Waals surface area contributed by atoms with Gasteiger partial charge in [-0.1, -0.05) is 41.1 Å². The van der Waals surface area contributed by atoms with Gasteiger partial charge in [0.2, 0.25) is 11.0 Å². The maximum absolute atomic E-state index is 11.2. The van der Waals surface area contributed by atoms with Crippen LogP contribution in [0.5, 0.6) is 0 Å². The molecule has 90 valence electrons. The Bertz CT molecular complexity index is 620. The topological polar surface area (TPSA) is 78.7 Å². The number of benzene rings is 1. The number of nitriles is 1. The van der Waals surface area contributed by atoms with Crippen LogP contribution in [0, 0.1) is 11.3 Å². The van der Waals surface area contributed by atoms with E-state index in [0.29, 0.717) is 15.2 Å². The smallest absolute Gasteiger partial charge is 0.240 e. The fourth-order valence-corrected chi connectivity index (χ4v) is 2.33. The van der Waals surface area contributed by atoms with Crippen LogP contribution in [0.3, 0.4) is 0 Å². The third-order valence-corrected chi connectivity index (χ3v) is 3.22. The van der Waals surface area contributed by atoms with Crippen molar-refractivity contribution >= 4 is 34.0 Å². The Morgan fingerprint density at radius 1 is 1.44 bits per heavy atom. The van der Waals surface area contributed by atoms with E-state index in [4.69, 9.17) is 16.9 Å². The Hall–Kier alpha value is -1.97. The number of rotatable bonds is 3. The molecule has 2 aromatic rings. The monoisotopic (exact) mass is 278 g/mol. The zero-order valence-corrected chi connectivity index (χ0v) is 10.6. The Balaban J connectivity index is 2.19. The summed E-state index contributed by atoms with van der Waals surface area (Å²) in [4.78, 5) is 11.2. The molecule has 0 fully saturated rings. The molecule has 0 saturated carbocycles. The molecule has 0 bridgehead atoms. The van der Waals surface area contributed by atoms with Gasteiger partial charge in [-0.05, 0) is 6.07 Å². The minimum Gasteiger partial charge on any atom is -0.300 e. The standard InChI is InChI=1S/C11H7ClN4OS/c12-8-4-2-1-3-7(8)10-15-16-11(18-10)14-9(17)5-6-13/h1-4H,5H2,(H,14,16,17). The fraction of sp³-hybridized carbons (Fsp3) is 0.0909. The number of hydrogen-bond donors (Lipinski definition) is 1. The first-order chi connectivity index (χ1) is 8.70. The lowest BCUT2D eigenvalue weighted by molar-refractivity contribution is -0.115. The van der Waals surface area contributed by atoms with E-state index in [0.717, 1.165) is 5.56 Å². The first-order valence-electron chi connectivity index (χ1n) is 4.96. The highest BCUT2D eigenvalue weighted by Crippen LogP contribution is 2.31. The van der Waals surface area contributed by atoms with Crippen LogP contribution >= 0.6 is 22.9 Å². The third-order valence-electron chi connectivity index (χ3n) is 2.02. The molecule has 1 amide bonds. The molecule has 1 aromatic carbocycles. The Morgan fingerprint density at radius 2 is 2.22 bits per heavy atom. The summed E-state index contributed by atoms with van der Waals surface area (Å²) in [5, 5.41) is 20.2. The van der Waals surface area contributed by atoms with Gasteiger partial charge in [-0.25, -0.2) is 0 Å². The van der Waals surface area contributed by atoms with Gasteiger partial charge in [0.05, 0.1) is 11.1 Å².